The SMILES string of the molecule is Cc1ccc2c(CC(=O)NN=C3CCCc4oc(C(=O)Nc5ccc(N=Nc6ccccc6)cc5)c(C)c43)coc2c1C. The number of anilines is 1. The average molecular weight is 574 g/mol. The van der Waals surface area contributed by atoms with Gasteiger partial charge in [0.25, 0.3) is 5.91 Å². The number of nitrogens with zero attached hydrogens (tertiary/aromatic N) is 3. The Morgan fingerprint density at radius 3 is 2.37 bits per heavy atom. The largest absolute Gasteiger partial charge is 0.464 e. The molecule has 0 fully saturated rings. The molecule has 0 spiro atoms. The van der Waals surface area contributed by atoms with E-state index in [4.69, 9.17) is 8.83 Å². The topological polar surface area (TPSA) is 122 Å². The van der Waals surface area contributed by atoms with Crippen LogP contribution >= 0.6 is 0 Å². The van der Waals surface area contributed by atoms with E-state index in [9.17, 15) is 9.59 Å². The van der Waals surface area contributed by atoms with Gasteiger partial charge in [-0.3, -0.25) is 9.59 Å². The van der Waals surface area contributed by atoms with E-state index < -0.39 is 0 Å². The number of carbonyl (C=O) groups is 2. The molecule has 1 aliphatic carbocycles. The van der Waals surface area contributed by atoms with Crippen molar-refractivity contribution in [3.05, 3.63) is 112 Å². The van der Waals surface area contributed by atoms with Crippen LogP contribution in [0.5, 0.6) is 0 Å². The zero-order valence-corrected chi connectivity index (χ0v) is 24.2. The van der Waals surface area contributed by atoms with Crippen molar-refractivity contribution in [3.8, 4) is 0 Å². The molecule has 216 valence electrons. The number of azo groups is 1. The van der Waals surface area contributed by atoms with Gasteiger partial charge < -0.3 is 14.2 Å². The van der Waals surface area contributed by atoms with E-state index in [2.05, 4.69) is 26.1 Å². The highest BCUT2D eigenvalue weighted by molar-refractivity contribution is 6.09. The molecular weight excluding hydrogens is 542 g/mol. The van der Waals surface area contributed by atoms with Crippen molar-refractivity contribution in [1.82, 2.24) is 5.43 Å². The lowest BCUT2D eigenvalue weighted by atomic mass is 9.93. The van der Waals surface area contributed by atoms with Gasteiger partial charge in [-0.1, -0.05) is 30.3 Å². The Kier molecular flexibility index (Phi) is 7.70. The first kappa shape index (κ1) is 27.8. The van der Waals surface area contributed by atoms with Crippen molar-refractivity contribution in [2.45, 2.75) is 46.5 Å². The molecule has 0 unspecified atom stereocenters. The molecule has 2 aromatic heterocycles. The second kappa shape index (κ2) is 11.9. The number of benzene rings is 3. The summed E-state index contributed by atoms with van der Waals surface area (Å²) in [5.74, 6) is 0.331. The molecule has 3 aromatic carbocycles. The number of furan rings is 2. The average Bonchev–Trinajstić information content (AvgIpc) is 3.59. The minimum Gasteiger partial charge on any atom is -0.464 e. The minimum absolute atomic E-state index is 0.142. The van der Waals surface area contributed by atoms with Gasteiger partial charge in [0.1, 0.15) is 11.3 Å². The van der Waals surface area contributed by atoms with Gasteiger partial charge in [0.15, 0.2) is 5.76 Å². The fraction of sp³-hybridized carbons (Fsp3) is 0.206. The summed E-state index contributed by atoms with van der Waals surface area (Å²) in [6, 6.07) is 20.6. The number of hydrogen-bond acceptors (Lipinski definition) is 7. The van der Waals surface area contributed by atoms with Crippen molar-refractivity contribution < 1.29 is 18.4 Å². The van der Waals surface area contributed by atoms with E-state index >= 15 is 0 Å². The van der Waals surface area contributed by atoms with E-state index in [0.29, 0.717) is 41.3 Å². The normalized spacial score (nSPS) is 13.9. The minimum atomic E-state index is -0.355. The highest BCUT2D eigenvalue weighted by Crippen LogP contribution is 2.31. The quantitative estimate of drug-likeness (QED) is 0.151. The predicted molar refractivity (Wildman–Crippen MR) is 165 cm³/mol. The van der Waals surface area contributed by atoms with Crippen LogP contribution in [0, 0.1) is 20.8 Å². The Balaban J connectivity index is 1.13. The molecule has 0 saturated heterocycles. The van der Waals surface area contributed by atoms with E-state index in [-0.39, 0.29) is 24.0 Å². The Bertz CT molecular complexity index is 1880. The van der Waals surface area contributed by atoms with Gasteiger partial charge >= 0.3 is 0 Å². The number of hydrazone groups is 1. The van der Waals surface area contributed by atoms with Crippen LogP contribution in [0.25, 0.3) is 11.0 Å². The number of carbonyl (C=O) groups excluding carboxylic acids is 2. The van der Waals surface area contributed by atoms with Gasteiger partial charge in [0.05, 0.1) is 29.8 Å². The van der Waals surface area contributed by atoms with Crippen LogP contribution in [0.4, 0.5) is 17.1 Å². The smallest absolute Gasteiger partial charge is 0.291 e. The Labute approximate surface area is 248 Å². The highest BCUT2D eigenvalue weighted by atomic mass is 16.4. The summed E-state index contributed by atoms with van der Waals surface area (Å²) in [7, 11) is 0. The maximum Gasteiger partial charge on any atom is 0.291 e. The first-order valence-corrected chi connectivity index (χ1v) is 14.2. The second-order valence-electron chi connectivity index (χ2n) is 10.7. The van der Waals surface area contributed by atoms with E-state index in [0.717, 1.165) is 45.3 Å². The molecule has 6 rings (SSSR count). The molecule has 0 saturated carbocycles. The number of nitrogens with one attached hydrogen (secondary N) is 2. The Morgan fingerprint density at radius 1 is 0.860 bits per heavy atom. The number of rotatable bonds is 7. The summed E-state index contributed by atoms with van der Waals surface area (Å²) in [5, 5.41) is 16.7. The van der Waals surface area contributed by atoms with Gasteiger partial charge in [0.2, 0.25) is 5.91 Å². The maximum absolute atomic E-state index is 13.2. The number of fused-ring (bicyclic) bond motifs is 2. The molecule has 0 atom stereocenters. The molecule has 0 radical (unpaired) electrons. The van der Waals surface area contributed by atoms with E-state index in [1.165, 1.54) is 0 Å². The van der Waals surface area contributed by atoms with Crippen molar-refractivity contribution in [2.24, 2.45) is 15.3 Å². The van der Waals surface area contributed by atoms with Gasteiger partial charge in [-0.05, 0) is 81.1 Å². The Morgan fingerprint density at radius 2 is 1.60 bits per heavy atom. The van der Waals surface area contributed by atoms with Crippen LogP contribution < -0.4 is 10.7 Å². The molecule has 1 aliphatic rings. The third-order valence-electron chi connectivity index (χ3n) is 7.70. The zero-order valence-electron chi connectivity index (χ0n) is 24.2. The van der Waals surface area contributed by atoms with E-state index in [1.54, 1.807) is 30.5 Å². The molecule has 5 aromatic rings. The molecule has 9 nitrogen and oxygen atoms in total. The molecule has 0 bridgehead atoms. The first-order valence-electron chi connectivity index (χ1n) is 14.2. The standard InChI is InChI=1S/C34H31N5O4/c1-20-12-17-27-23(19-42-32(27)21(20)2)18-30(40)39-38-28-10-7-11-29-31(28)22(3)33(43-29)34(41)35-24-13-15-26(16-14-24)37-36-25-8-5-4-6-9-25/h4-6,8-9,12-17,19H,7,10-11,18H2,1-3H3,(H,35,41)(H,39,40). The van der Waals surface area contributed by atoms with Crippen LogP contribution in [0.3, 0.4) is 0 Å². The summed E-state index contributed by atoms with van der Waals surface area (Å²) < 4.78 is 11.8. The number of aryl methyl sites for hydroxylation is 3. The molecule has 0 aliphatic heterocycles. The van der Waals surface area contributed by atoms with Gasteiger partial charge in [-0.25, -0.2) is 5.43 Å². The van der Waals surface area contributed by atoms with Crippen LogP contribution in [-0.2, 0) is 17.6 Å². The number of hydrogen-bond donors (Lipinski definition) is 2. The highest BCUT2D eigenvalue weighted by Gasteiger charge is 2.28. The summed E-state index contributed by atoms with van der Waals surface area (Å²) in [6.45, 7) is 5.88. The van der Waals surface area contributed by atoms with Crippen molar-refractivity contribution >= 4 is 45.6 Å². The first-order chi connectivity index (χ1) is 20.9. The van der Waals surface area contributed by atoms with E-state index in [1.807, 2.05) is 63.2 Å². The van der Waals surface area contributed by atoms with Gasteiger partial charge in [-0.15, -0.1) is 0 Å². The summed E-state index contributed by atoms with van der Waals surface area (Å²) in [4.78, 5) is 26.0. The Hall–Kier alpha value is -5.31. The molecule has 9 heteroatoms. The fourth-order valence-corrected chi connectivity index (χ4v) is 5.27. The van der Waals surface area contributed by atoms with Gasteiger partial charge in [-0.2, -0.15) is 15.3 Å². The molecule has 2 N–H and O–H groups in total. The third-order valence-corrected chi connectivity index (χ3v) is 7.70. The molecular formula is C34H31N5O4. The van der Waals surface area contributed by atoms with Gasteiger partial charge in [0, 0.05) is 34.2 Å². The summed E-state index contributed by atoms with van der Waals surface area (Å²) in [5.41, 5.74) is 10.7. The van der Waals surface area contributed by atoms with Crippen LogP contribution in [0.2, 0.25) is 0 Å². The van der Waals surface area contributed by atoms with Crippen LogP contribution in [0.1, 0.15) is 57.0 Å². The number of amides is 2. The lowest BCUT2D eigenvalue weighted by Crippen LogP contribution is -2.23. The second-order valence-corrected chi connectivity index (χ2v) is 10.7. The summed E-state index contributed by atoms with van der Waals surface area (Å²) >= 11 is 0. The van der Waals surface area contributed by atoms with Crippen LogP contribution in [0.15, 0.2) is 97.2 Å². The monoisotopic (exact) mass is 573 g/mol. The third kappa shape index (κ3) is 5.88. The molecule has 2 heterocycles. The lowest BCUT2D eigenvalue weighted by molar-refractivity contribution is -0.120. The maximum atomic E-state index is 13.2. The lowest BCUT2D eigenvalue weighted by Gasteiger charge is -2.13. The predicted octanol–water partition coefficient (Wildman–Crippen LogP) is 8.02. The fourth-order valence-electron chi connectivity index (χ4n) is 5.27. The summed E-state index contributed by atoms with van der Waals surface area (Å²) in [6.07, 6.45) is 3.94. The molecule has 2 amide bonds. The van der Waals surface area contributed by atoms with Crippen molar-refractivity contribution in [3.63, 3.8) is 0 Å². The van der Waals surface area contributed by atoms with Crippen LogP contribution in [-0.4, -0.2) is 17.5 Å². The van der Waals surface area contributed by atoms with Crippen molar-refractivity contribution in [2.75, 3.05) is 5.32 Å². The van der Waals surface area contributed by atoms with Crippen molar-refractivity contribution in [1.29, 1.82) is 0 Å². The molecule has 43 heavy (non-hydrogen) atoms. The zero-order chi connectivity index (χ0) is 29.9.